The third-order valence-corrected chi connectivity index (χ3v) is 6.33. The first-order valence-corrected chi connectivity index (χ1v) is 11.3. The van der Waals surface area contributed by atoms with Crippen LogP contribution in [0.1, 0.15) is 71.7 Å². The standard InChI is InChI=1S/C25H28N6O/c1-5-30-17(4)21(14-26-30)15(2)27-25(32)20-13-22(18-11-12-18)28-24-23(20)16(3)29-31(24)19-9-7-6-8-10-19/h6-10,13-15,18H,5,11-12H2,1-4H3,(H,27,32)/t15-/m1/s1. The molecule has 0 unspecified atom stereocenters. The summed E-state index contributed by atoms with van der Waals surface area (Å²) in [7, 11) is 0. The highest BCUT2D eigenvalue weighted by molar-refractivity contribution is 6.07. The smallest absolute Gasteiger partial charge is 0.252 e. The lowest BCUT2D eigenvalue weighted by Gasteiger charge is -2.15. The maximum absolute atomic E-state index is 13.5. The first-order chi connectivity index (χ1) is 15.5. The van der Waals surface area contributed by atoms with Gasteiger partial charge in [0.05, 0.1) is 34.6 Å². The average molecular weight is 429 g/mol. The minimum Gasteiger partial charge on any atom is -0.345 e. The van der Waals surface area contributed by atoms with E-state index in [2.05, 4.69) is 17.3 Å². The third-order valence-electron chi connectivity index (χ3n) is 6.33. The number of aromatic nitrogens is 5. The van der Waals surface area contributed by atoms with E-state index >= 15 is 0 Å². The van der Waals surface area contributed by atoms with Gasteiger partial charge < -0.3 is 5.32 Å². The Bertz CT molecular complexity index is 1300. The number of amides is 1. The van der Waals surface area contributed by atoms with E-state index in [0.29, 0.717) is 11.5 Å². The number of hydrogen-bond donors (Lipinski definition) is 1. The molecule has 5 rings (SSSR count). The van der Waals surface area contributed by atoms with Gasteiger partial charge in [0.25, 0.3) is 5.91 Å². The minimum atomic E-state index is -0.153. The zero-order valence-corrected chi connectivity index (χ0v) is 19.0. The van der Waals surface area contributed by atoms with Gasteiger partial charge in [-0.1, -0.05) is 18.2 Å². The van der Waals surface area contributed by atoms with Crippen LogP contribution in [-0.4, -0.2) is 30.5 Å². The van der Waals surface area contributed by atoms with E-state index in [1.807, 2.05) is 72.7 Å². The molecular weight excluding hydrogens is 400 g/mol. The van der Waals surface area contributed by atoms with Gasteiger partial charge in [-0.25, -0.2) is 9.67 Å². The Labute approximate surface area is 187 Å². The van der Waals surface area contributed by atoms with Crippen molar-refractivity contribution in [2.75, 3.05) is 0 Å². The zero-order chi connectivity index (χ0) is 22.4. The Morgan fingerprint density at radius 2 is 1.97 bits per heavy atom. The number of aryl methyl sites for hydroxylation is 2. The van der Waals surface area contributed by atoms with Crippen LogP contribution in [0.25, 0.3) is 16.7 Å². The van der Waals surface area contributed by atoms with Crippen LogP contribution in [0.2, 0.25) is 0 Å². The van der Waals surface area contributed by atoms with Crippen molar-refractivity contribution >= 4 is 16.9 Å². The number of nitrogens with one attached hydrogen (secondary N) is 1. The summed E-state index contributed by atoms with van der Waals surface area (Å²) in [6, 6.07) is 11.8. The molecule has 0 bridgehead atoms. The molecule has 1 saturated carbocycles. The molecule has 3 heterocycles. The van der Waals surface area contributed by atoms with Gasteiger partial charge in [0.1, 0.15) is 0 Å². The van der Waals surface area contributed by atoms with Gasteiger partial charge in [-0.3, -0.25) is 9.48 Å². The van der Waals surface area contributed by atoms with Crippen LogP contribution in [0.15, 0.2) is 42.6 Å². The van der Waals surface area contributed by atoms with E-state index in [4.69, 9.17) is 10.1 Å². The highest BCUT2D eigenvalue weighted by Gasteiger charge is 2.29. The summed E-state index contributed by atoms with van der Waals surface area (Å²) in [6.45, 7) is 8.85. The normalized spacial score (nSPS) is 14.6. The molecule has 0 spiro atoms. The summed E-state index contributed by atoms with van der Waals surface area (Å²) in [6.07, 6.45) is 4.08. The molecule has 1 aliphatic carbocycles. The fourth-order valence-electron chi connectivity index (χ4n) is 4.38. The molecule has 1 atom stereocenters. The Balaban J connectivity index is 1.57. The largest absolute Gasteiger partial charge is 0.345 e. The minimum absolute atomic E-state index is 0.105. The van der Waals surface area contributed by atoms with Gasteiger partial charge >= 0.3 is 0 Å². The molecule has 164 valence electrons. The van der Waals surface area contributed by atoms with Gasteiger partial charge in [-0.2, -0.15) is 10.2 Å². The molecule has 1 amide bonds. The van der Waals surface area contributed by atoms with Crippen LogP contribution in [0.3, 0.4) is 0 Å². The Hall–Kier alpha value is -3.48. The average Bonchev–Trinajstić information content (AvgIpc) is 3.51. The molecule has 3 aromatic heterocycles. The number of pyridine rings is 1. The number of fused-ring (bicyclic) bond motifs is 1. The highest BCUT2D eigenvalue weighted by Crippen LogP contribution is 2.40. The number of carbonyl (C=O) groups is 1. The summed E-state index contributed by atoms with van der Waals surface area (Å²) < 4.78 is 3.80. The van der Waals surface area contributed by atoms with E-state index < -0.39 is 0 Å². The predicted octanol–water partition coefficient (Wildman–Crippen LogP) is 4.62. The lowest BCUT2D eigenvalue weighted by Crippen LogP contribution is -2.27. The number of carbonyl (C=O) groups excluding carboxylic acids is 1. The predicted molar refractivity (Wildman–Crippen MR) is 124 cm³/mol. The lowest BCUT2D eigenvalue weighted by atomic mass is 10.1. The van der Waals surface area contributed by atoms with Crippen molar-refractivity contribution in [3.63, 3.8) is 0 Å². The van der Waals surface area contributed by atoms with Crippen molar-refractivity contribution in [3.05, 3.63) is 70.8 Å². The zero-order valence-electron chi connectivity index (χ0n) is 19.0. The van der Waals surface area contributed by atoms with E-state index in [0.717, 1.165) is 58.8 Å². The SMILES string of the molecule is CCn1ncc([C@@H](C)NC(=O)c2cc(C3CC3)nc3c2c(C)nn3-c2ccccc2)c1C. The fourth-order valence-corrected chi connectivity index (χ4v) is 4.38. The van der Waals surface area contributed by atoms with E-state index in [1.165, 1.54) is 0 Å². The van der Waals surface area contributed by atoms with Crippen LogP contribution in [0.5, 0.6) is 0 Å². The maximum atomic E-state index is 13.5. The molecular formula is C25H28N6O. The number of para-hydroxylation sites is 1. The molecule has 7 heteroatoms. The molecule has 0 radical (unpaired) electrons. The molecule has 1 aliphatic rings. The maximum Gasteiger partial charge on any atom is 0.252 e. The van der Waals surface area contributed by atoms with Crippen molar-refractivity contribution in [2.24, 2.45) is 0 Å². The van der Waals surface area contributed by atoms with Gasteiger partial charge in [-0.05, 0) is 58.7 Å². The second kappa shape index (κ2) is 7.89. The highest BCUT2D eigenvalue weighted by atomic mass is 16.1. The van der Waals surface area contributed by atoms with Crippen LogP contribution in [0.4, 0.5) is 0 Å². The Kier molecular flexibility index (Phi) is 5.04. The summed E-state index contributed by atoms with van der Waals surface area (Å²) >= 11 is 0. The van der Waals surface area contributed by atoms with Crippen molar-refractivity contribution < 1.29 is 4.79 Å². The molecule has 1 fully saturated rings. The molecule has 0 saturated heterocycles. The first-order valence-electron chi connectivity index (χ1n) is 11.3. The second-order valence-electron chi connectivity index (χ2n) is 8.60. The van der Waals surface area contributed by atoms with Gasteiger partial charge in [-0.15, -0.1) is 0 Å². The van der Waals surface area contributed by atoms with E-state index in [9.17, 15) is 4.79 Å². The number of rotatable bonds is 6. The molecule has 0 aliphatic heterocycles. The van der Waals surface area contributed by atoms with Crippen molar-refractivity contribution in [1.29, 1.82) is 0 Å². The summed E-state index contributed by atoms with van der Waals surface area (Å²) in [5, 5.41) is 13.2. The lowest BCUT2D eigenvalue weighted by molar-refractivity contribution is 0.0941. The number of hydrogen-bond acceptors (Lipinski definition) is 4. The summed E-state index contributed by atoms with van der Waals surface area (Å²) in [5.74, 6) is 0.319. The van der Waals surface area contributed by atoms with Crippen LogP contribution in [-0.2, 0) is 6.54 Å². The first kappa shape index (κ1) is 20.4. The van der Waals surface area contributed by atoms with Gasteiger partial charge in [0.15, 0.2) is 5.65 Å². The topological polar surface area (TPSA) is 77.6 Å². The molecule has 1 N–H and O–H groups in total. The number of nitrogens with zero attached hydrogens (tertiary/aromatic N) is 5. The van der Waals surface area contributed by atoms with Gasteiger partial charge in [0.2, 0.25) is 0 Å². The van der Waals surface area contributed by atoms with Crippen LogP contribution >= 0.6 is 0 Å². The Morgan fingerprint density at radius 3 is 2.62 bits per heavy atom. The van der Waals surface area contributed by atoms with Crippen molar-refractivity contribution in [3.8, 4) is 5.69 Å². The Morgan fingerprint density at radius 1 is 1.22 bits per heavy atom. The molecule has 1 aromatic carbocycles. The monoisotopic (exact) mass is 428 g/mol. The van der Waals surface area contributed by atoms with E-state index in [1.54, 1.807) is 0 Å². The quantitative estimate of drug-likeness (QED) is 0.486. The summed E-state index contributed by atoms with van der Waals surface area (Å²) in [4.78, 5) is 18.5. The third kappa shape index (κ3) is 3.47. The number of benzene rings is 1. The van der Waals surface area contributed by atoms with Crippen molar-refractivity contribution in [1.82, 2.24) is 29.9 Å². The fraction of sp³-hybridized carbons (Fsp3) is 0.360. The van der Waals surface area contributed by atoms with Crippen LogP contribution < -0.4 is 5.32 Å². The van der Waals surface area contributed by atoms with Gasteiger partial charge in [0, 0.05) is 29.4 Å². The second-order valence-corrected chi connectivity index (χ2v) is 8.60. The molecule has 4 aromatic rings. The van der Waals surface area contributed by atoms with Crippen molar-refractivity contribution in [2.45, 2.75) is 59.0 Å². The molecule has 7 nitrogen and oxygen atoms in total. The van der Waals surface area contributed by atoms with Crippen LogP contribution in [0, 0.1) is 13.8 Å². The van der Waals surface area contributed by atoms with E-state index in [-0.39, 0.29) is 11.9 Å². The molecule has 32 heavy (non-hydrogen) atoms. The summed E-state index contributed by atoms with van der Waals surface area (Å²) in [5.41, 5.74) is 6.20.